The summed E-state index contributed by atoms with van der Waals surface area (Å²) in [6, 6.07) is 9.24. The van der Waals surface area contributed by atoms with Crippen molar-refractivity contribution in [1.29, 1.82) is 0 Å². The Balaban J connectivity index is 1.76. The van der Waals surface area contributed by atoms with Crippen LogP contribution in [0.4, 0.5) is 5.82 Å². The minimum absolute atomic E-state index is 0.0347. The van der Waals surface area contributed by atoms with Gasteiger partial charge in [0, 0.05) is 42.4 Å². The van der Waals surface area contributed by atoms with Gasteiger partial charge >= 0.3 is 5.69 Å². The number of furan rings is 1. The lowest BCUT2D eigenvalue weighted by Crippen LogP contribution is -2.31. The third-order valence-corrected chi connectivity index (χ3v) is 6.36. The molecule has 1 fully saturated rings. The fraction of sp³-hybridized carbons (Fsp3) is 0.348. The molecular formula is C23H23ClN4O3. The molecule has 0 amide bonds. The van der Waals surface area contributed by atoms with Crippen LogP contribution in [-0.2, 0) is 4.74 Å². The molecule has 1 aliphatic rings. The summed E-state index contributed by atoms with van der Waals surface area (Å²) < 4.78 is 13.5. The zero-order chi connectivity index (χ0) is 21.5. The summed E-state index contributed by atoms with van der Waals surface area (Å²) in [4.78, 5) is 22.2. The molecular weight excluding hydrogens is 416 g/mol. The summed E-state index contributed by atoms with van der Waals surface area (Å²) in [7, 11) is 3.55. The molecule has 0 bridgehead atoms. The van der Waals surface area contributed by atoms with E-state index in [2.05, 4.69) is 15.3 Å². The molecule has 1 saturated carbocycles. The monoisotopic (exact) mass is 438 g/mol. The summed E-state index contributed by atoms with van der Waals surface area (Å²) in [6.45, 7) is 0. The third-order valence-electron chi connectivity index (χ3n) is 6.13. The molecule has 0 aliphatic heterocycles. The second kappa shape index (κ2) is 7.98. The lowest BCUT2D eigenvalue weighted by Gasteiger charge is -2.29. The Morgan fingerprint density at radius 3 is 2.68 bits per heavy atom. The first-order valence-electron chi connectivity index (χ1n) is 10.4. The van der Waals surface area contributed by atoms with Crippen molar-refractivity contribution in [2.24, 2.45) is 0 Å². The Hall–Kier alpha value is -2.90. The summed E-state index contributed by atoms with van der Waals surface area (Å²) >= 11 is 6.30. The van der Waals surface area contributed by atoms with Crippen LogP contribution in [0.5, 0.6) is 0 Å². The van der Waals surface area contributed by atoms with Crippen LogP contribution in [0.15, 0.2) is 45.7 Å². The van der Waals surface area contributed by atoms with Gasteiger partial charge in [-0.2, -0.15) is 4.98 Å². The van der Waals surface area contributed by atoms with Gasteiger partial charge in [0.2, 0.25) is 0 Å². The second-order valence-corrected chi connectivity index (χ2v) is 8.32. The highest BCUT2D eigenvalue weighted by Crippen LogP contribution is 2.38. The predicted molar refractivity (Wildman–Crippen MR) is 122 cm³/mol. The predicted octanol–water partition coefficient (Wildman–Crippen LogP) is 5.03. The minimum atomic E-state index is -0.288. The molecule has 1 N–H and O–H groups in total. The highest BCUT2D eigenvalue weighted by atomic mass is 35.5. The average molecular weight is 439 g/mol. The van der Waals surface area contributed by atoms with Gasteiger partial charge in [-0.3, -0.25) is 4.57 Å². The number of anilines is 1. The van der Waals surface area contributed by atoms with Crippen LogP contribution in [0, 0.1) is 0 Å². The number of pyridine rings is 1. The quantitative estimate of drug-likeness (QED) is 0.481. The molecule has 0 radical (unpaired) electrons. The second-order valence-electron chi connectivity index (χ2n) is 7.88. The van der Waals surface area contributed by atoms with Crippen LogP contribution < -0.4 is 11.0 Å². The van der Waals surface area contributed by atoms with E-state index < -0.39 is 0 Å². The number of nitrogens with zero attached hydrogens (tertiary/aromatic N) is 3. The summed E-state index contributed by atoms with van der Waals surface area (Å²) in [5.41, 5.74) is 2.91. The van der Waals surface area contributed by atoms with Gasteiger partial charge < -0.3 is 14.5 Å². The van der Waals surface area contributed by atoms with Crippen molar-refractivity contribution in [3.63, 3.8) is 0 Å². The minimum Gasteiger partial charge on any atom is -0.452 e. The van der Waals surface area contributed by atoms with E-state index in [4.69, 9.17) is 20.8 Å². The van der Waals surface area contributed by atoms with E-state index in [-0.39, 0.29) is 17.8 Å². The first-order chi connectivity index (χ1) is 15.1. The molecule has 0 spiro atoms. The highest BCUT2D eigenvalue weighted by Gasteiger charge is 2.28. The number of rotatable bonds is 4. The summed E-state index contributed by atoms with van der Waals surface area (Å²) in [6.07, 6.45) is 5.44. The molecule has 31 heavy (non-hydrogen) atoms. The molecule has 7 nitrogen and oxygen atoms in total. The van der Waals surface area contributed by atoms with E-state index in [1.807, 2.05) is 24.3 Å². The van der Waals surface area contributed by atoms with Gasteiger partial charge in [-0.15, -0.1) is 0 Å². The van der Waals surface area contributed by atoms with Gasteiger partial charge in [0.1, 0.15) is 22.6 Å². The number of methoxy groups -OCH3 is 1. The average Bonchev–Trinajstić information content (AvgIpc) is 3.17. The lowest BCUT2D eigenvalue weighted by molar-refractivity contribution is 0.0584. The summed E-state index contributed by atoms with van der Waals surface area (Å²) in [5, 5.41) is 4.41. The fourth-order valence-electron chi connectivity index (χ4n) is 4.51. The van der Waals surface area contributed by atoms with E-state index in [9.17, 15) is 4.79 Å². The lowest BCUT2D eigenvalue weighted by atomic mass is 9.92. The summed E-state index contributed by atoms with van der Waals surface area (Å²) in [5.74, 6) is 0.736. The molecule has 0 unspecified atom stereocenters. The van der Waals surface area contributed by atoms with Crippen LogP contribution in [-0.4, -0.2) is 34.8 Å². The Morgan fingerprint density at radius 1 is 1.19 bits per heavy atom. The zero-order valence-electron chi connectivity index (χ0n) is 17.4. The number of hydrogen-bond donors (Lipinski definition) is 1. The number of fused-ring (bicyclic) bond motifs is 3. The van der Waals surface area contributed by atoms with Crippen molar-refractivity contribution in [2.45, 2.75) is 37.8 Å². The van der Waals surface area contributed by atoms with E-state index in [0.29, 0.717) is 21.9 Å². The van der Waals surface area contributed by atoms with Crippen LogP contribution in [0.2, 0.25) is 5.02 Å². The maximum absolute atomic E-state index is 13.3. The molecule has 0 saturated heterocycles. The van der Waals surface area contributed by atoms with Gasteiger partial charge in [0.05, 0.1) is 6.10 Å². The first-order valence-corrected chi connectivity index (χ1v) is 10.8. The van der Waals surface area contributed by atoms with Crippen LogP contribution in [0.1, 0.15) is 31.7 Å². The number of aromatic nitrogens is 3. The number of halogens is 1. The number of ether oxygens (including phenoxy) is 1. The van der Waals surface area contributed by atoms with Crippen LogP contribution in [0.3, 0.4) is 0 Å². The fourth-order valence-corrected chi connectivity index (χ4v) is 4.68. The Morgan fingerprint density at radius 2 is 2.00 bits per heavy atom. The van der Waals surface area contributed by atoms with Gasteiger partial charge in [0.15, 0.2) is 5.58 Å². The van der Waals surface area contributed by atoms with Crippen molar-refractivity contribution in [3.05, 3.63) is 52.0 Å². The zero-order valence-corrected chi connectivity index (χ0v) is 18.1. The van der Waals surface area contributed by atoms with Gasteiger partial charge in [-0.1, -0.05) is 11.6 Å². The Kier molecular flexibility index (Phi) is 5.16. The maximum Gasteiger partial charge on any atom is 0.349 e. The van der Waals surface area contributed by atoms with E-state index in [1.54, 1.807) is 31.0 Å². The van der Waals surface area contributed by atoms with Crippen LogP contribution >= 0.6 is 11.6 Å². The van der Waals surface area contributed by atoms with E-state index in [0.717, 1.165) is 48.0 Å². The van der Waals surface area contributed by atoms with Crippen molar-refractivity contribution in [1.82, 2.24) is 14.5 Å². The van der Waals surface area contributed by atoms with Crippen molar-refractivity contribution < 1.29 is 9.15 Å². The SMILES string of the molecule is CNc1ccc(-c2nc(=O)n(C3CCC(OC)CC3)c3c2oc2ccc(Cl)cc23)cn1. The molecule has 3 aromatic heterocycles. The first kappa shape index (κ1) is 20.0. The smallest absolute Gasteiger partial charge is 0.349 e. The Labute approximate surface area is 184 Å². The van der Waals surface area contributed by atoms with E-state index in [1.165, 1.54) is 0 Å². The largest absolute Gasteiger partial charge is 0.452 e. The topological polar surface area (TPSA) is 82.2 Å². The molecule has 5 rings (SSSR count). The molecule has 0 atom stereocenters. The maximum atomic E-state index is 13.3. The van der Waals surface area contributed by atoms with E-state index >= 15 is 0 Å². The standard InChI is InChI=1S/C23H23ClN4O3/c1-25-19-10-3-13(12-26-19)20-22-21(17-11-14(24)4-9-18(17)31-22)28(23(29)27-20)15-5-7-16(30-2)8-6-15/h3-4,9-12,15-16H,5-8H2,1-2H3,(H,25,26). The van der Waals surface area contributed by atoms with Crippen molar-refractivity contribution >= 4 is 39.5 Å². The molecule has 1 aromatic carbocycles. The van der Waals surface area contributed by atoms with Crippen molar-refractivity contribution in [2.75, 3.05) is 19.5 Å². The molecule has 8 heteroatoms. The molecule has 160 valence electrons. The van der Waals surface area contributed by atoms with Gasteiger partial charge in [0.25, 0.3) is 0 Å². The van der Waals surface area contributed by atoms with Crippen LogP contribution in [0.25, 0.3) is 33.3 Å². The van der Waals surface area contributed by atoms with Crippen molar-refractivity contribution in [3.8, 4) is 11.3 Å². The molecule has 1 aliphatic carbocycles. The Bertz CT molecular complexity index is 1300. The number of hydrogen-bond acceptors (Lipinski definition) is 6. The molecule has 3 heterocycles. The normalized spacial score (nSPS) is 19.2. The third kappa shape index (κ3) is 3.47. The number of nitrogens with one attached hydrogen (secondary N) is 1. The number of benzene rings is 1. The van der Waals surface area contributed by atoms with Gasteiger partial charge in [-0.25, -0.2) is 9.78 Å². The molecule has 4 aromatic rings. The highest BCUT2D eigenvalue weighted by molar-refractivity contribution is 6.31. The van der Waals surface area contributed by atoms with Gasteiger partial charge in [-0.05, 0) is 56.0 Å².